The summed E-state index contributed by atoms with van der Waals surface area (Å²) in [5.74, 6) is 0.309. The fourth-order valence-electron chi connectivity index (χ4n) is 2.77. The second kappa shape index (κ2) is 4.49. The Kier molecular flexibility index (Phi) is 3.26. The second-order valence-electron chi connectivity index (χ2n) is 4.54. The van der Waals surface area contributed by atoms with Gasteiger partial charge in [0.25, 0.3) is 0 Å². The van der Waals surface area contributed by atoms with E-state index in [0.717, 1.165) is 32.6 Å². The highest BCUT2D eigenvalue weighted by Gasteiger charge is 2.37. The van der Waals surface area contributed by atoms with E-state index in [1.165, 1.54) is 6.42 Å². The number of likely N-dealkylation sites (tertiary alicyclic amines) is 1. The van der Waals surface area contributed by atoms with E-state index in [-0.39, 0.29) is 6.04 Å². The molecule has 2 heterocycles. The first-order chi connectivity index (χ1) is 7.24. The van der Waals surface area contributed by atoms with E-state index < -0.39 is 0 Å². The highest BCUT2D eigenvalue weighted by molar-refractivity contribution is 5.83. The molecule has 2 atom stereocenters. The molecule has 2 aliphatic heterocycles. The molecule has 1 N–H and O–H groups in total. The Morgan fingerprint density at radius 2 is 2.33 bits per heavy atom. The molecule has 0 aliphatic carbocycles. The van der Waals surface area contributed by atoms with E-state index in [4.69, 9.17) is 0 Å². The Hall–Kier alpha value is -0.610. The zero-order chi connectivity index (χ0) is 10.8. The SMILES string of the molecule is CCN(C1CCNC1)C1CCN(C)C1=O. The average molecular weight is 211 g/mol. The van der Waals surface area contributed by atoms with Crippen LogP contribution in [0.2, 0.25) is 0 Å². The zero-order valence-corrected chi connectivity index (χ0v) is 9.70. The van der Waals surface area contributed by atoms with Gasteiger partial charge in [-0.25, -0.2) is 0 Å². The maximum Gasteiger partial charge on any atom is 0.239 e. The first-order valence-corrected chi connectivity index (χ1v) is 5.95. The third-order valence-corrected chi connectivity index (χ3v) is 3.67. The molecule has 15 heavy (non-hydrogen) atoms. The Balaban J connectivity index is 2.02. The van der Waals surface area contributed by atoms with Crippen molar-refractivity contribution < 1.29 is 4.79 Å². The molecule has 0 aromatic carbocycles. The van der Waals surface area contributed by atoms with Crippen LogP contribution in [0.15, 0.2) is 0 Å². The number of hydrogen-bond acceptors (Lipinski definition) is 3. The third-order valence-electron chi connectivity index (χ3n) is 3.67. The van der Waals surface area contributed by atoms with Crippen molar-refractivity contribution in [3.05, 3.63) is 0 Å². The van der Waals surface area contributed by atoms with Crippen LogP contribution in [-0.4, -0.2) is 61.0 Å². The zero-order valence-electron chi connectivity index (χ0n) is 9.70. The van der Waals surface area contributed by atoms with E-state index in [2.05, 4.69) is 17.1 Å². The van der Waals surface area contributed by atoms with Crippen LogP contribution < -0.4 is 5.32 Å². The maximum absolute atomic E-state index is 11.9. The molecule has 4 heteroatoms. The van der Waals surface area contributed by atoms with Crippen molar-refractivity contribution in [3.8, 4) is 0 Å². The minimum atomic E-state index is 0.143. The van der Waals surface area contributed by atoms with Crippen molar-refractivity contribution in [2.24, 2.45) is 0 Å². The molecule has 0 aromatic heterocycles. The molecule has 4 nitrogen and oxygen atoms in total. The Bertz CT molecular complexity index is 238. The molecule has 2 unspecified atom stereocenters. The average Bonchev–Trinajstić information content (AvgIpc) is 2.84. The summed E-state index contributed by atoms with van der Waals surface area (Å²) < 4.78 is 0. The summed E-state index contributed by atoms with van der Waals surface area (Å²) in [6.07, 6.45) is 2.18. The van der Waals surface area contributed by atoms with E-state index in [9.17, 15) is 4.79 Å². The fourth-order valence-corrected chi connectivity index (χ4v) is 2.77. The van der Waals surface area contributed by atoms with Crippen LogP contribution in [0.3, 0.4) is 0 Å². The number of carbonyl (C=O) groups excluding carboxylic acids is 1. The van der Waals surface area contributed by atoms with Gasteiger partial charge in [-0.3, -0.25) is 9.69 Å². The molecule has 0 bridgehead atoms. The summed E-state index contributed by atoms with van der Waals surface area (Å²) in [5.41, 5.74) is 0. The largest absolute Gasteiger partial charge is 0.344 e. The van der Waals surface area contributed by atoms with E-state index in [1.54, 1.807) is 0 Å². The van der Waals surface area contributed by atoms with Gasteiger partial charge < -0.3 is 10.2 Å². The second-order valence-corrected chi connectivity index (χ2v) is 4.54. The number of amides is 1. The van der Waals surface area contributed by atoms with Crippen molar-refractivity contribution in [3.63, 3.8) is 0 Å². The maximum atomic E-state index is 11.9. The lowest BCUT2D eigenvalue weighted by Gasteiger charge is -2.31. The molecular weight excluding hydrogens is 190 g/mol. The van der Waals surface area contributed by atoms with Gasteiger partial charge in [0.2, 0.25) is 5.91 Å². The van der Waals surface area contributed by atoms with Gasteiger partial charge in [-0.2, -0.15) is 0 Å². The molecular formula is C11H21N3O. The van der Waals surface area contributed by atoms with Gasteiger partial charge in [-0.15, -0.1) is 0 Å². The summed E-state index contributed by atoms with van der Waals surface area (Å²) in [6.45, 7) is 6.19. The van der Waals surface area contributed by atoms with Crippen LogP contribution in [-0.2, 0) is 4.79 Å². The molecule has 2 fully saturated rings. The number of nitrogens with one attached hydrogen (secondary N) is 1. The van der Waals surface area contributed by atoms with Gasteiger partial charge in [-0.05, 0) is 25.9 Å². The van der Waals surface area contributed by atoms with Crippen molar-refractivity contribution in [1.82, 2.24) is 15.1 Å². The van der Waals surface area contributed by atoms with E-state index in [0.29, 0.717) is 11.9 Å². The number of nitrogens with zero attached hydrogens (tertiary/aromatic N) is 2. The fraction of sp³-hybridized carbons (Fsp3) is 0.909. The minimum Gasteiger partial charge on any atom is -0.344 e. The van der Waals surface area contributed by atoms with Gasteiger partial charge in [0, 0.05) is 26.2 Å². The predicted molar refractivity (Wildman–Crippen MR) is 59.7 cm³/mol. The standard InChI is InChI=1S/C11H21N3O/c1-3-14(9-4-6-12-8-9)10-5-7-13(2)11(10)15/h9-10,12H,3-8H2,1-2H3. The van der Waals surface area contributed by atoms with Crippen LogP contribution in [0.4, 0.5) is 0 Å². The van der Waals surface area contributed by atoms with Gasteiger partial charge in [0.15, 0.2) is 0 Å². The summed E-state index contributed by atoms with van der Waals surface area (Å²) in [7, 11) is 1.91. The lowest BCUT2D eigenvalue weighted by Crippen LogP contribution is -2.47. The van der Waals surface area contributed by atoms with Gasteiger partial charge in [0.1, 0.15) is 0 Å². The Labute approximate surface area is 91.6 Å². The molecule has 0 radical (unpaired) electrons. The lowest BCUT2D eigenvalue weighted by atomic mass is 10.1. The van der Waals surface area contributed by atoms with E-state index in [1.807, 2.05) is 11.9 Å². The van der Waals surface area contributed by atoms with Crippen LogP contribution in [0.25, 0.3) is 0 Å². The third kappa shape index (κ3) is 2.01. The molecule has 86 valence electrons. The molecule has 1 amide bonds. The predicted octanol–water partition coefficient (Wildman–Crippen LogP) is -0.0991. The topological polar surface area (TPSA) is 35.6 Å². The first-order valence-electron chi connectivity index (χ1n) is 5.95. The highest BCUT2D eigenvalue weighted by atomic mass is 16.2. The van der Waals surface area contributed by atoms with Crippen molar-refractivity contribution in [2.75, 3.05) is 33.2 Å². The molecule has 0 aromatic rings. The van der Waals surface area contributed by atoms with Crippen LogP contribution in [0.5, 0.6) is 0 Å². The first kappa shape index (κ1) is 10.9. The molecule has 2 saturated heterocycles. The van der Waals surface area contributed by atoms with Crippen LogP contribution in [0, 0.1) is 0 Å². The molecule has 0 spiro atoms. The normalized spacial score (nSPS) is 31.9. The monoisotopic (exact) mass is 211 g/mol. The van der Waals surface area contributed by atoms with Crippen molar-refractivity contribution >= 4 is 5.91 Å². The number of hydrogen-bond donors (Lipinski definition) is 1. The molecule has 2 aliphatic rings. The van der Waals surface area contributed by atoms with Crippen LogP contribution >= 0.6 is 0 Å². The Morgan fingerprint density at radius 3 is 2.80 bits per heavy atom. The summed E-state index contributed by atoms with van der Waals surface area (Å²) in [4.78, 5) is 16.2. The lowest BCUT2D eigenvalue weighted by molar-refractivity contribution is -0.131. The Morgan fingerprint density at radius 1 is 1.53 bits per heavy atom. The number of carbonyl (C=O) groups is 1. The number of likely N-dealkylation sites (N-methyl/N-ethyl adjacent to an activating group) is 2. The van der Waals surface area contributed by atoms with Crippen molar-refractivity contribution in [1.29, 1.82) is 0 Å². The highest BCUT2D eigenvalue weighted by Crippen LogP contribution is 2.20. The smallest absolute Gasteiger partial charge is 0.239 e. The summed E-state index contributed by atoms with van der Waals surface area (Å²) in [6, 6.07) is 0.709. The minimum absolute atomic E-state index is 0.143. The van der Waals surface area contributed by atoms with Crippen molar-refractivity contribution in [2.45, 2.75) is 31.8 Å². The van der Waals surface area contributed by atoms with E-state index >= 15 is 0 Å². The van der Waals surface area contributed by atoms with Gasteiger partial charge >= 0.3 is 0 Å². The van der Waals surface area contributed by atoms with Gasteiger partial charge in [0.05, 0.1) is 6.04 Å². The summed E-state index contributed by atoms with van der Waals surface area (Å²) in [5, 5.41) is 3.37. The summed E-state index contributed by atoms with van der Waals surface area (Å²) >= 11 is 0. The molecule has 0 saturated carbocycles. The molecule has 2 rings (SSSR count). The quantitative estimate of drug-likeness (QED) is 0.708. The number of rotatable bonds is 3. The van der Waals surface area contributed by atoms with Gasteiger partial charge in [-0.1, -0.05) is 6.92 Å². The van der Waals surface area contributed by atoms with Crippen LogP contribution in [0.1, 0.15) is 19.8 Å².